The van der Waals surface area contributed by atoms with Crippen LogP contribution in [0.25, 0.3) is 0 Å². The van der Waals surface area contributed by atoms with E-state index in [9.17, 15) is 4.79 Å². The van der Waals surface area contributed by atoms with Crippen LogP contribution in [0.3, 0.4) is 0 Å². The first-order valence-electron chi connectivity index (χ1n) is 8.21. The number of hydrogen-bond acceptors (Lipinski definition) is 5. The van der Waals surface area contributed by atoms with Gasteiger partial charge in [-0.1, -0.05) is 0 Å². The highest BCUT2D eigenvalue weighted by Crippen LogP contribution is 2.40. The highest BCUT2D eigenvalue weighted by Gasteiger charge is 2.31. The van der Waals surface area contributed by atoms with Crippen LogP contribution in [0.1, 0.15) is 10.9 Å². The second kappa shape index (κ2) is 8.60. The molecule has 138 valence electrons. The second-order valence-electron chi connectivity index (χ2n) is 5.72. The molecule has 1 atom stereocenters. The molecule has 0 spiro atoms. The first-order valence-corrected chi connectivity index (χ1v) is 10.5. The van der Waals surface area contributed by atoms with E-state index in [1.165, 1.54) is 4.90 Å². The van der Waals surface area contributed by atoms with Crippen LogP contribution >= 0.6 is 23.5 Å². The molecular formula is C19H22N2O3S2. The van der Waals surface area contributed by atoms with Gasteiger partial charge in [-0.3, -0.25) is 0 Å². The average Bonchev–Trinajstić information content (AvgIpc) is 3.18. The van der Waals surface area contributed by atoms with E-state index in [0.29, 0.717) is 6.54 Å². The molecule has 1 unspecified atom stereocenters. The fourth-order valence-electron chi connectivity index (χ4n) is 2.80. The van der Waals surface area contributed by atoms with Crippen molar-refractivity contribution in [1.82, 2.24) is 4.90 Å². The first-order chi connectivity index (χ1) is 12.6. The van der Waals surface area contributed by atoms with Crippen molar-refractivity contribution in [3.8, 4) is 11.5 Å². The van der Waals surface area contributed by atoms with Crippen LogP contribution in [0.4, 0.5) is 10.5 Å². The van der Waals surface area contributed by atoms with Crippen molar-refractivity contribution >= 4 is 35.2 Å². The van der Waals surface area contributed by atoms with Gasteiger partial charge in [-0.05, 0) is 48.2 Å². The third kappa shape index (κ3) is 4.22. The molecule has 0 aromatic heterocycles. The van der Waals surface area contributed by atoms with Crippen molar-refractivity contribution in [1.29, 1.82) is 0 Å². The zero-order valence-corrected chi connectivity index (χ0v) is 16.7. The van der Waals surface area contributed by atoms with Crippen molar-refractivity contribution in [3.05, 3.63) is 48.0 Å². The van der Waals surface area contributed by atoms with Crippen molar-refractivity contribution in [2.75, 3.05) is 38.1 Å². The molecule has 7 heteroatoms. The van der Waals surface area contributed by atoms with Crippen molar-refractivity contribution < 1.29 is 14.3 Å². The lowest BCUT2D eigenvalue weighted by Crippen LogP contribution is -2.34. The minimum Gasteiger partial charge on any atom is -0.497 e. The lowest BCUT2D eigenvalue weighted by molar-refractivity contribution is 0.214. The quantitative estimate of drug-likeness (QED) is 0.750. The average molecular weight is 391 g/mol. The maximum Gasteiger partial charge on any atom is 0.323 e. The van der Waals surface area contributed by atoms with Gasteiger partial charge in [0.15, 0.2) is 0 Å². The third-order valence-corrected chi connectivity index (χ3v) is 6.16. The van der Waals surface area contributed by atoms with E-state index in [1.54, 1.807) is 37.7 Å². The van der Waals surface area contributed by atoms with Crippen LogP contribution in [0.2, 0.25) is 0 Å². The smallest absolute Gasteiger partial charge is 0.323 e. The first kappa shape index (κ1) is 18.8. The van der Waals surface area contributed by atoms with Gasteiger partial charge in [0.2, 0.25) is 0 Å². The number of benzene rings is 2. The van der Waals surface area contributed by atoms with Gasteiger partial charge < -0.3 is 19.7 Å². The molecule has 2 aromatic rings. The predicted octanol–water partition coefficient (Wildman–Crippen LogP) is 4.71. The molecule has 26 heavy (non-hydrogen) atoms. The van der Waals surface area contributed by atoms with Gasteiger partial charge >= 0.3 is 6.03 Å². The summed E-state index contributed by atoms with van der Waals surface area (Å²) < 4.78 is 10.7. The number of amides is 2. The monoisotopic (exact) mass is 390 g/mol. The predicted molar refractivity (Wildman–Crippen MR) is 109 cm³/mol. The maximum absolute atomic E-state index is 12.8. The lowest BCUT2D eigenvalue weighted by Gasteiger charge is -2.25. The fraction of sp³-hybridized carbons (Fsp3) is 0.316. The van der Waals surface area contributed by atoms with Gasteiger partial charge in [0.25, 0.3) is 0 Å². The lowest BCUT2D eigenvalue weighted by atomic mass is 10.2. The summed E-state index contributed by atoms with van der Waals surface area (Å²) in [5, 5.41) is 2.93. The Morgan fingerprint density at radius 1 is 1.15 bits per heavy atom. The van der Waals surface area contributed by atoms with Crippen LogP contribution in [0.5, 0.6) is 11.5 Å². The molecule has 0 saturated carbocycles. The van der Waals surface area contributed by atoms with Gasteiger partial charge in [0.1, 0.15) is 16.9 Å². The Bertz CT molecular complexity index is 746. The molecule has 2 aromatic carbocycles. The van der Waals surface area contributed by atoms with Gasteiger partial charge in [-0.25, -0.2) is 4.79 Å². The van der Waals surface area contributed by atoms with E-state index in [1.807, 2.05) is 53.6 Å². The summed E-state index contributed by atoms with van der Waals surface area (Å²) in [6, 6.07) is 13.5. The number of carbonyl (C=O) groups excluding carboxylic acids is 1. The highest BCUT2D eigenvalue weighted by atomic mass is 32.2. The van der Waals surface area contributed by atoms with E-state index in [-0.39, 0.29) is 11.4 Å². The summed E-state index contributed by atoms with van der Waals surface area (Å²) in [6.45, 7) is 0.698. The maximum atomic E-state index is 12.8. The molecule has 1 saturated heterocycles. The van der Waals surface area contributed by atoms with Crippen LogP contribution in [-0.2, 0) is 0 Å². The Morgan fingerprint density at radius 2 is 1.81 bits per heavy atom. The normalized spacial score (nSPS) is 16.4. The molecule has 5 nitrogen and oxygen atoms in total. The number of thioether (sulfide) groups is 2. The molecule has 3 rings (SSSR count). The zero-order chi connectivity index (χ0) is 18.5. The summed E-state index contributed by atoms with van der Waals surface area (Å²) in [5.41, 5.74) is 1.79. The largest absolute Gasteiger partial charge is 0.497 e. The Balaban J connectivity index is 1.77. The number of urea groups is 1. The summed E-state index contributed by atoms with van der Waals surface area (Å²) >= 11 is 3.41. The second-order valence-corrected chi connectivity index (χ2v) is 7.79. The standard InChI is InChI=1S/C19H22N2O3S2/c1-23-15-10-13(11-16(12-15)24-2)18-21(8-9-26-18)19(22)20-14-4-6-17(25-3)7-5-14/h4-7,10-12,18H,8-9H2,1-3H3,(H,20,22). The zero-order valence-electron chi connectivity index (χ0n) is 15.0. The van der Waals surface area contributed by atoms with Crippen LogP contribution in [0.15, 0.2) is 47.4 Å². The fourth-order valence-corrected chi connectivity index (χ4v) is 4.44. The van der Waals surface area contributed by atoms with Crippen LogP contribution in [-0.4, -0.2) is 43.7 Å². The number of anilines is 1. The van der Waals surface area contributed by atoms with Gasteiger partial charge in [-0.15, -0.1) is 23.5 Å². The minimum absolute atomic E-state index is 0.0653. The number of methoxy groups -OCH3 is 2. The van der Waals surface area contributed by atoms with E-state index in [4.69, 9.17) is 9.47 Å². The molecule has 1 aliphatic heterocycles. The molecule has 1 fully saturated rings. The Labute approximate surface area is 162 Å². The van der Waals surface area contributed by atoms with Gasteiger partial charge in [-0.2, -0.15) is 0 Å². The van der Waals surface area contributed by atoms with E-state index in [0.717, 1.165) is 28.5 Å². The van der Waals surface area contributed by atoms with Crippen molar-refractivity contribution in [2.24, 2.45) is 0 Å². The Hall–Kier alpha value is -1.99. The van der Waals surface area contributed by atoms with E-state index < -0.39 is 0 Å². The van der Waals surface area contributed by atoms with Crippen molar-refractivity contribution in [3.63, 3.8) is 0 Å². The SMILES string of the molecule is COc1cc(OC)cc(C2SCCN2C(=O)Nc2ccc(SC)cc2)c1. The Kier molecular flexibility index (Phi) is 6.21. The number of rotatable bonds is 5. The van der Waals surface area contributed by atoms with Gasteiger partial charge in [0, 0.05) is 28.9 Å². The molecule has 1 heterocycles. The van der Waals surface area contributed by atoms with Crippen molar-refractivity contribution in [2.45, 2.75) is 10.3 Å². The number of carbonyl (C=O) groups is 1. The highest BCUT2D eigenvalue weighted by molar-refractivity contribution is 7.99. The van der Waals surface area contributed by atoms with E-state index in [2.05, 4.69) is 5.32 Å². The summed E-state index contributed by atoms with van der Waals surface area (Å²) in [7, 11) is 3.26. The number of hydrogen-bond donors (Lipinski definition) is 1. The molecule has 1 aliphatic rings. The molecule has 2 amide bonds. The number of nitrogens with one attached hydrogen (secondary N) is 1. The third-order valence-electron chi connectivity index (χ3n) is 4.15. The van der Waals surface area contributed by atoms with Crippen LogP contribution in [0, 0.1) is 0 Å². The summed E-state index contributed by atoms with van der Waals surface area (Å²) in [6.07, 6.45) is 2.03. The minimum atomic E-state index is -0.0984. The topological polar surface area (TPSA) is 50.8 Å². The van der Waals surface area contributed by atoms with Gasteiger partial charge in [0.05, 0.1) is 14.2 Å². The Morgan fingerprint density at radius 3 is 2.38 bits per heavy atom. The molecule has 0 radical (unpaired) electrons. The molecule has 1 N–H and O–H groups in total. The molecule has 0 bridgehead atoms. The molecule has 0 aliphatic carbocycles. The summed E-state index contributed by atoms with van der Waals surface area (Å²) in [4.78, 5) is 15.8. The number of ether oxygens (including phenoxy) is 2. The molecular weight excluding hydrogens is 368 g/mol. The summed E-state index contributed by atoms with van der Waals surface area (Å²) in [5.74, 6) is 2.34. The van der Waals surface area contributed by atoms with E-state index >= 15 is 0 Å². The van der Waals surface area contributed by atoms with Crippen LogP contribution < -0.4 is 14.8 Å². The number of nitrogens with zero attached hydrogens (tertiary/aromatic N) is 1.